The molecule has 19 heavy (non-hydrogen) atoms. The molecule has 6 nitrogen and oxygen atoms in total. The van der Waals surface area contributed by atoms with Crippen LogP contribution in [0.4, 0.5) is 0 Å². The Balaban J connectivity index is 1.64. The lowest BCUT2D eigenvalue weighted by Gasteiger charge is -2.22. The third kappa shape index (κ3) is 2.78. The van der Waals surface area contributed by atoms with Gasteiger partial charge in [0.25, 0.3) is 5.91 Å². The van der Waals surface area contributed by atoms with Crippen molar-refractivity contribution in [1.29, 1.82) is 0 Å². The van der Waals surface area contributed by atoms with Crippen LogP contribution in [0.25, 0.3) is 0 Å². The molecule has 1 saturated heterocycles. The van der Waals surface area contributed by atoms with Crippen molar-refractivity contribution in [2.24, 2.45) is 0 Å². The highest BCUT2D eigenvalue weighted by Crippen LogP contribution is 2.37. The Bertz CT molecular complexity index is 449. The van der Waals surface area contributed by atoms with E-state index in [1.165, 1.54) is 0 Å². The van der Waals surface area contributed by atoms with Gasteiger partial charge in [0.2, 0.25) is 5.82 Å². The summed E-state index contributed by atoms with van der Waals surface area (Å²) in [6, 6.07) is 0. The van der Waals surface area contributed by atoms with Crippen LogP contribution in [0.2, 0.25) is 0 Å². The van der Waals surface area contributed by atoms with Gasteiger partial charge in [0, 0.05) is 25.6 Å². The maximum absolute atomic E-state index is 12.3. The van der Waals surface area contributed by atoms with Crippen molar-refractivity contribution in [3.63, 3.8) is 0 Å². The van der Waals surface area contributed by atoms with Gasteiger partial charge in [-0.05, 0) is 32.6 Å². The topological polar surface area (TPSA) is 71.1 Å². The molecular weight excluding hydrogens is 244 g/mol. The highest BCUT2D eigenvalue weighted by atomic mass is 16.5. The molecular formula is C13H20N4O2. The maximum Gasteiger partial charge on any atom is 0.293 e. The molecule has 1 aliphatic heterocycles. The lowest BCUT2D eigenvalue weighted by Crippen LogP contribution is -2.37. The third-order valence-electron chi connectivity index (χ3n) is 3.77. The van der Waals surface area contributed by atoms with Crippen molar-refractivity contribution < 1.29 is 9.53 Å². The van der Waals surface area contributed by atoms with Crippen molar-refractivity contribution in [3.05, 3.63) is 11.6 Å². The van der Waals surface area contributed by atoms with Crippen LogP contribution in [0, 0.1) is 0 Å². The van der Waals surface area contributed by atoms with Crippen LogP contribution in [0.1, 0.15) is 55.0 Å². The number of nitrogens with one attached hydrogen (secondary N) is 1. The number of amides is 1. The van der Waals surface area contributed by atoms with E-state index < -0.39 is 0 Å². The zero-order chi connectivity index (χ0) is 13.2. The van der Waals surface area contributed by atoms with Crippen molar-refractivity contribution in [1.82, 2.24) is 20.1 Å². The molecule has 0 bridgehead atoms. The van der Waals surface area contributed by atoms with E-state index >= 15 is 0 Å². The Labute approximate surface area is 112 Å². The molecule has 104 valence electrons. The minimum absolute atomic E-state index is 0.0962. The van der Waals surface area contributed by atoms with E-state index in [2.05, 4.69) is 15.2 Å². The quantitative estimate of drug-likeness (QED) is 0.870. The zero-order valence-electron chi connectivity index (χ0n) is 11.3. The van der Waals surface area contributed by atoms with E-state index in [9.17, 15) is 4.79 Å². The molecule has 0 radical (unpaired) electrons. The van der Waals surface area contributed by atoms with Gasteiger partial charge in [0.05, 0.1) is 6.10 Å². The summed E-state index contributed by atoms with van der Waals surface area (Å²) < 4.78 is 5.58. The number of H-pyrrole nitrogens is 1. The summed E-state index contributed by atoms with van der Waals surface area (Å²) in [5.41, 5.74) is 0. The average molecular weight is 264 g/mol. The largest absolute Gasteiger partial charge is 0.376 e. The van der Waals surface area contributed by atoms with Crippen molar-refractivity contribution in [2.75, 3.05) is 19.7 Å². The van der Waals surface area contributed by atoms with Crippen LogP contribution >= 0.6 is 0 Å². The van der Waals surface area contributed by atoms with Crippen LogP contribution in [0.5, 0.6) is 0 Å². The molecule has 1 amide bonds. The Hall–Kier alpha value is -1.43. The van der Waals surface area contributed by atoms with Crippen molar-refractivity contribution in [3.8, 4) is 0 Å². The summed E-state index contributed by atoms with van der Waals surface area (Å²) in [6.07, 6.45) is 4.59. The number of aromatic nitrogens is 3. The second-order valence-corrected chi connectivity index (χ2v) is 5.30. The summed E-state index contributed by atoms with van der Waals surface area (Å²) in [5.74, 6) is 1.54. The molecule has 1 saturated carbocycles. The first-order valence-electron chi connectivity index (χ1n) is 7.11. The lowest BCUT2D eigenvalue weighted by atomic mass is 10.2. The number of hydrogen-bond acceptors (Lipinski definition) is 4. The number of rotatable bonds is 5. The highest BCUT2D eigenvalue weighted by Gasteiger charge is 2.30. The number of likely N-dealkylation sites (N-methyl/N-ethyl adjacent to an activating group) is 1. The van der Waals surface area contributed by atoms with Crippen LogP contribution < -0.4 is 0 Å². The first-order chi connectivity index (χ1) is 9.28. The SMILES string of the molecule is CCN(CC1CCCO1)C(=O)c1n[nH]c(C2CC2)n1. The molecule has 6 heteroatoms. The number of carbonyl (C=O) groups is 1. The van der Waals surface area contributed by atoms with E-state index in [4.69, 9.17) is 4.74 Å². The summed E-state index contributed by atoms with van der Waals surface area (Å²) in [7, 11) is 0. The molecule has 2 fully saturated rings. The first-order valence-corrected chi connectivity index (χ1v) is 7.11. The van der Waals surface area contributed by atoms with Gasteiger partial charge in [0.1, 0.15) is 5.82 Å². The smallest absolute Gasteiger partial charge is 0.293 e. The number of aromatic amines is 1. The fraction of sp³-hybridized carbons (Fsp3) is 0.769. The van der Waals surface area contributed by atoms with E-state index in [-0.39, 0.29) is 12.0 Å². The van der Waals surface area contributed by atoms with Crippen molar-refractivity contribution in [2.45, 2.75) is 44.6 Å². The van der Waals surface area contributed by atoms with E-state index in [1.54, 1.807) is 4.90 Å². The number of hydrogen-bond donors (Lipinski definition) is 1. The predicted molar refractivity (Wildman–Crippen MR) is 68.9 cm³/mol. The molecule has 0 aromatic carbocycles. The normalized spacial score (nSPS) is 22.7. The minimum atomic E-state index is -0.0962. The van der Waals surface area contributed by atoms with E-state index in [1.807, 2.05) is 6.92 Å². The van der Waals surface area contributed by atoms with Gasteiger partial charge in [0.15, 0.2) is 0 Å². The molecule has 0 spiro atoms. The minimum Gasteiger partial charge on any atom is -0.376 e. The molecule has 1 aliphatic carbocycles. The lowest BCUT2D eigenvalue weighted by molar-refractivity contribution is 0.0530. The van der Waals surface area contributed by atoms with Gasteiger partial charge >= 0.3 is 0 Å². The van der Waals surface area contributed by atoms with Gasteiger partial charge in [-0.25, -0.2) is 4.98 Å². The Morgan fingerprint density at radius 2 is 2.32 bits per heavy atom. The predicted octanol–water partition coefficient (Wildman–Crippen LogP) is 1.32. The van der Waals surface area contributed by atoms with E-state index in [0.717, 1.165) is 38.1 Å². The summed E-state index contributed by atoms with van der Waals surface area (Å²) >= 11 is 0. The second kappa shape index (κ2) is 5.28. The van der Waals surface area contributed by atoms with E-state index in [0.29, 0.717) is 24.8 Å². The Morgan fingerprint density at radius 3 is 2.95 bits per heavy atom. The molecule has 1 aromatic rings. The third-order valence-corrected chi connectivity index (χ3v) is 3.77. The number of ether oxygens (including phenoxy) is 1. The second-order valence-electron chi connectivity index (χ2n) is 5.30. The highest BCUT2D eigenvalue weighted by molar-refractivity contribution is 5.90. The van der Waals surface area contributed by atoms with Crippen LogP contribution in [-0.4, -0.2) is 51.8 Å². The maximum atomic E-state index is 12.3. The fourth-order valence-electron chi connectivity index (χ4n) is 2.44. The average Bonchev–Trinajstić information content (AvgIpc) is 2.95. The van der Waals surface area contributed by atoms with Gasteiger partial charge in [-0.1, -0.05) is 0 Å². The van der Waals surface area contributed by atoms with Crippen LogP contribution in [0.3, 0.4) is 0 Å². The number of carbonyl (C=O) groups excluding carboxylic acids is 1. The molecule has 3 rings (SSSR count). The Kier molecular flexibility index (Phi) is 3.50. The molecule has 1 aromatic heterocycles. The molecule has 1 atom stereocenters. The van der Waals surface area contributed by atoms with Gasteiger partial charge < -0.3 is 9.64 Å². The summed E-state index contributed by atoms with van der Waals surface area (Å²) in [5, 5.41) is 6.93. The fourth-order valence-corrected chi connectivity index (χ4v) is 2.44. The molecule has 1 unspecified atom stereocenters. The molecule has 2 heterocycles. The standard InChI is InChI=1S/C13H20N4O2/c1-2-17(8-10-4-3-7-19-10)13(18)12-14-11(15-16-12)9-5-6-9/h9-10H,2-8H2,1H3,(H,14,15,16). The van der Waals surface area contributed by atoms with Crippen molar-refractivity contribution >= 4 is 5.91 Å². The van der Waals surface area contributed by atoms with Gasteiger partial charge in [-0.3, -0.25) is 9.89 Å². The first kappa shape index (κ1) is 12.6. The molecule has 1 N–H and O–H groups in total. The van der Waals surface area contributed by atoms with Gasteiger partial charge in [-0.15, -0.1) is 5.10 Å². The molecule has 2 aliphatic rings. The van der Waals surface area contributed by atoms with Gasteiger partial charge in [-0.2, -0.15) is 0 Å². The summed E-state index contributed by atoms with van der Waals surface area (Å²) in [4.78, 5) is 18.4. The summed E-state index contributed by atoms with van der Waals surface area (Å²) in [6.45, 7) is 4.08. The van der Waals surface area contributed by atoms with Crippen LogP contribution in [0.15, 0.2) is 0 Å². The monoisotopic (exact) mass is 264 g/mol. The number of nitrogens with zero attached hydrogens (tertiary/aromatic N) is 3. The zero-order valence-corrected chi connectivity index (χ0v) is 11.3. The Morgan fingerprint density at radius 1 is 1.47 bits per heavy atom. The van der Waals surface area contributed by atoms with Crippen LogP contribution in [-0.2, 0) is 4.74 Å².